The molecule has 0 aromatic carbocycles. The molecule has 2 heteroatoms. The van der Waals surface area contributed by atoms with Crippen LogP contribution in [0.25, 0.3) is 0 Å². The van der Waals surface area contributed by atoms with Gasteiger partial charge >= 0.3 is 0 Å². The lowest BCUT2D eigenvalue weighted by atomic mass is 9.93. The van der Waals surface area contributed by atoms with Gasteiger partial charge in [0.05, 0.1) is 0 Å². The van der Waals surface area contributed by atoms with Crippen molar-refractivity contribution in [2.45, 2.75) is 52.0 Å². The van der Waals surface area contributed by atoms with Crippen molar-refractivity contribution in [1.82, 2.24) is 4.90 Å². The van der Waals surface area contributed by atoms with Crippen molar-refractivity contribution >= 4 is 0 Å². The largest absolute Gasteiger partial charge is 0.327 e. The highest BCUT2D eigenvalue weighted by Gasteiger charge is 2.30. The molecular formula is C13H26N2. The molecule has 2 atom stereocenters. The fourth-order valence-corrected chi connectivity index (χ4v) is 3.19. The quantitative estimate of drug-likeness (QED) is 0.774. The van der Waals surface area contributed by atoms with Crippen LogP contribution in [0, 0.1) is 11.3 Å². The maximum absolute atomic E-state index is 6.10. The van der Waals surface area contributed by atoms with E-state index in [-0.39, 0.29) is 0 Å². The molecule has 1 saturated carbocycles. The molecule has 88 valence electrons. The van der Waals surface area contributed by atoms with Crippen molar-refractivity contribution in [1.29, 1.82) is 0 Å². The Hall–Kier alpha value is -0.0800. The number of hydrogen-bond acceptors (Lipinski definition) is 2. The van der Waals surface area contributed by atoms with E-state index in [1.54, 1.807) is 0 Å². The predicted molar refractivity (Wildman–Crippen MR) is 64.8 cm³/mol. The van der Waals surface area contributed by atoms with E-state index in [9.17, 15) is 0 Å². The fraction of sp³-hybridized carbons (Fsp3) is 1.00. The molecule has 2 N–H and O–H groups in total. The topological polar surface area (TPSA) is 29.3 Å². The first-order valence-electron chi connectivity index (χ1n) is 6.55. The van der Waals surface area contributed by atoms with E-state index in [4.69, 9.17) is 5.73 Å². The van der Waals surface area contributed by atoms with Gasteiger partial charge in [0, 0.05) is 12.6 Å². The number of hydrogen-bond donors (Lipinski definition) is 1. The van der Waals surface area contributed by atoms with E-state index in [1.165, 1.54) is 51.7 Å². The molecule has 2 aliphatic rings. The number of rotatable bonds is 3. The SMILES string of the molecule is CC1(C)CCN(CCC2CCCC2N)C1. The molecule has 15 heavy (non-hydrogen) atoms. The van der Waals surface area contributed by atoms with Gasteiger partial charge in [0.2, 0.25) is 0 Å². The number of likely N-dealkylation sites (tertiary alicyclic amines) is 1. The molecule has 0 aromatic rings. The summed E-state index contributed by atoms with van der Waals surface area (Å²) in [5.41, 5.74) is 6.65. The lowest BCUT2D eigenvalue weighted by Crippen LogP contribution is -2.30. The van der Waals surface area contributed by atoms with E-state index in [2.05, 4.69) is 18.7 Å². The average Bonchev–Trinajstić information content (AvgIpc) is 2.69. The first-order chi connectivity index (χ1) is 7.07. The molecule has 0 spiro atoms. The molecule has 0 radical (unpaired) electrons. The van der Waals surface area contributed by atoms with Gasteiger partial charge in [0.25, 0.3) is 0 Å². The van der Waals surface area contributed by atoms with Gasteiger partial charge in [-0.05, 0) is 50.1 Å². The highest BCUT2D eigenvalue weighted by atomic mass is 15.1. The third-order valence-corrected chi connectivity index (χ3v) is 4.29. The lowest BCUT2D eigenvalue weighted by Gasteiger charge is -2.22. The van der Waals surface area contributed by atoms with Crippen LogP contribution in [0.5, 0.6) is 0 Å². The van der Waals surface area contributed by atoms with Crippen LogP contribution in [0.4, 0.5) is 0 Å². The van der Waals surface area contributed by atoms with Crippen LogP contribution in [-0.4, -0.2) is 30.6 Å². The van der Waals surface area contributed by atoms with Gasteiger partial charge in [-0.2, -0.15) is 0 Å². The van der Waals surface area contributed by atoms with Gasteiger partial charge in [0.15, 0.2) is 0 Å². The predicted octanol–water partition coefficient (Wildman–Crippen LogP) is 2.24. The van der Waals surface area contributed by atoms with Crippen LogP contribution in [0.15, 0.2) is 0 Å². The van der Waals surface area contributed by atoms with E-state index < -0.39 is 0 Å². The Bertz CT molecular complexity index is 213. The third kappa shape index (κ3) is 2.94. The molecule has 1 heterocycles. The molecule has 0 bridgehead atoms. The van der Waals surface area contributed by atoms with Crippen LogP contribution >= 0.6 is 0 Å². The molecular weight excluding hydrogens is 184 g/mol. The summed E-state index contributed by atoms with van der Waals surface area (Å²) >= 11 is 0. The third-order valence-electron chi connectivity index (χ3n) is 4.29. The van der Waals surface area contributed by atoms with E-state index >= 15 is 0 Å². The molecule has 2 rings (SSSR count). The zero-order valence-electron chi connectivity index (χ0n) is 10.3. The van der Waals surface area contributed by atoms with Crippen molar-refractivity contribution in [2.75, 3.05) is 19.6 Å². The van der Waals surface area contributed by atoms with Crippen molar-refractivity contribution in [3.8, 4) is 0 Å². The fourth-order valence-electron chi connectivity index (χ4n) is 3.19. The Labute approximate surface area is 94.2 Å². The molecule has 2 fully saturated rings. The first kappa shape index (κ1) is 11.4. The minimum absolute atomic E-state index is 0.501. The summed E-state index contributed by atoms with van der Waals surface area (Å²) in [6.07, 6.45) is 6.69. The normalized spacial score (nSPS) is 36.2. The van der Waals surface area contributed by atoms with Crippen molar-refractivity contribution in [2.24, 2.45) is 17.1 Å². The summed E-state index contributed by atoms with van der Waals surface area (Å²) in [6, 6.07) is 0.501. The summed E-state index contributed by atoms with van der Waals surface area (Å²) in [4.78, 5) is 2.63. The van der Waals surface area contributed by atoms with Gasteiger partial charge in [0.1, 0.15) is 0 Å². The van der Waals surface area contributed by atoms with Gasteiger partial charge in [-0.1, -0.05) is 20.3 Å². The number of nitrogens with two attached hydrogens (primary N) is 1. The Balaban J connectivity index is 1.70. The van der Waals surface area contributed by atoms with Crippen LogP contribution in [-0.2, 0) is 0 Å². The minimum Gasteiger partial charge on any atom is -0.327 e. The molecule has 1 saturated heterocycles. The molecule has 2 nitrogen and oxygen atoms in total. The second-order valence-corrected chi connectivity index (χ2v) is 6.33. The second kappa shape index (κ2) is 4.42. The summed E-state index contributed by atoms with van der Waals surface area (Å²) in [5.74, 6) is 0.814. The maximum atomic E-state index is 6.10. The summed E-state index contributed by atoms with van der Waals surface area (Å²) in [5, 5.41) is 0. The minimum atomic E-state index is 0.501. The summed E-state index contributed by atoms with van der Waals surface area (Å²) in [7, 11) is 0. The monoisotopic (exact) mass is 210 g/mol. The van der Waals surface area contributed by atoms with E-state index in [0.29, 0.717) is 11.5 Å². The van der Waals surface area contributed by atoms with Crippen LogP contribution in [0.1, 0.15) is 46.0 Å². The lowest BCUT2D eigenvalue weighted by molar-refractivity contribution is 0.264. The molecule has 2 unspecified atom stereocenters. The summed E-state index contributed by atoms with van der Waals surface area (Å²) in [6.45, 7) is 8.63. The zero-order valence-corrected chi connectivity index (χ0v) is 10.3. The maximum Gasteiger partial charge on any atom is 0.00676 e. The molecule has 1 aliphatic carbocycles. The zero-order chi connectivity index (χ0) is 10.9. The van der Waals surface area contributed by atoms with Crippen LogP contribution in [0.2, 0.25) is 0 Å². The van der Waals surface area contributed by atoms with Crippen LogP contribution < -0.4 is 5.73 Å². The Morgan fingerprint density at radius 1 is 1.33 bits per heavy atom. The smallest absolute Gasteiger partial charge is 0.00676 e. The molecule has 0 aromatic heterocycles. The Kier molecular flexibility index (Phi) is 3.36. The van der Waals surface area contributed by atoms with E-state index in [1.807, 2.05) is 0 Å². The number of nitrogens with zero attached hydrogens (tertiary/aromatic N) is 1. The second-order valence-electron chi connectivity index (χ2n) is 6.33. The Morgan fingerprint density at radius 3 is 2.67 bits per heavy atom. The van der Waals surface area contributed by atoms with Gasteiger partial charge in [-0.15, -0.1) is 0 Å². The molecule has 0 amide bonds. The van der Waals surface area contributed by atoms with Crippen molar-refractivity contribution in [3.05, 3.63) is 0 Å². The van der Waals surface area contributed by atoms with Crippen LogP contribution in [0.3, 0.4) is 0 Å². The van der Waals surface area contributed by atoms with Crippen molar-refractivity contribution in [3.63, 3.8) is 0 Å². The van der Waals surface area contributed by atoms with Gasteiger partial charge < -0.3 is 10.6 Å². The first-order valence-corrected chi connectivity index (χ1v) is 6.55. The molecule has 1 aliphatic heterocycles. The van der Waals surface area contributed by atoms with Gasteiger partial charge in [-0.25, -0.2) is 0 Å². The Morgan fingerprint density at radius 2 is 2.13 bits per heavy atom. The standard InChI is InChI=1S/C13H26N2/c1-13(2)7-9-15(10-13)8-6-11-4-3-5-12(11)14/h11-12H,3-10,14H2,1-2H3. The highest BCUT2D eigenvalue weighted by Crippen LogP contribution is 2.31. The highest BCUT2D eigenvalue weighted by molar-refractivity contribution is 4.85. The average molecular weight is 210 g/mol. The van der Waals surface area contributed by atoms with Gasteiger partial charge in [-0.3, -0.25) is 0 Å². The van der Waals surface area contributed by atoms with Crippen molar-refractivity contribution < 1.29 is 0 Å². The van der Waals surface area contributed by atoms with E-state index in [0.717, 1.165) is 5.92 Å². The summed E-state index contributed by atoms with van der Waals surface area (Å²) < 4.78 is 0.